The molecule has 4 heterocycles. The Morgan fingerprint density at radius 1 is 1.00 bits per heavy atom. The number of hydrazine groups is 2. The second-order valence-electron chi connectivity index (χ2n) is 13.2. The molecule has 45 heavy (non-hydrogen) atoms. The van der Waals surface area contributed by atoms with E-state index in [1.807, 2.05) is 50.3 Å². The molecule has 1 unspecified atom stereocenters. The van der Waals surface area contributed by atoms with E-state index in [0.717, 1.165) is 42.4 Å². The number of nitrogens with one attached hydrogen (secondary N) is 3. The van der Waals surface area contributed by atoms with E-state index >= 15 is 0 Å². The minimum Gasteiger partial charge on any atom is -0.451 e. The van der Waals surface area contributed by atoms with Gasteiger partial charge >= 0.3 is 5.97 Å². The Kier molecular flexibility index (Phi) is 9.73. The molecule has 0 spiro atoms. The molecular formula is C33H45N7O5. The zero-order valence-electron chi connectivity index (χ0n) is 26.8. The molecule has 1 aromatic heterocycles. The van der Waals surface area contributed by atoms with Crippen LogP contribution in [0.3, 0.4) is 0 Å². The number of carbonyl (C=O) groups excluding carboxylic acids is 4. The second kappa shape index (κ2) is 13.5. The Hall–Kier alpha value is -4.03. The Morgan fingerprint density at radius 2 is 1.73 bits per heavy atom. The van der Waals surface area contributed by atoms with Crippen LogP contribution in [-0.2, 0) is 23.9 Å². The van der Waals surface area contributed by atoms with Crippen molar-refractivity contribution in [3.8, 4) is 0 Å². The number of hydrogen-bond donors (Lipinski definition) is 3. The molecule has 3 N–H and O–H groups in total. The van der Waals surface area contributed by atoms with Crippen LogP contribution in [0.5, 0.6) is 0 Å². The first-order chi connectivity index (χ1) is 21.4. The number of likely N-dealkylation sites (tertiary alicyclic amines) is 1. The van der Waals surface area contributed by atoms with Crippen molar-refractivity contribution in [3.05, 3.63) is 42.0 Å². The van der Waals surface area contributed by atoms with Gasteiger partial charge in [0.15, 0.2) is 6.10 Å². The number of aromatic nitrogens is 1. The maximum absolute atomic E-state index is 13.9. The number of anilines is 1. The molecule has 3 amide bonds. The van der Waals surface area contributed by atoms with E-state index in [1.54, 1.807) is 32.0 Å². The molecule has 5 bridgehead atoms. The molecule has 2 saturated heterocycles. The monoisotopic (exact) mass is 619 g/mol. The molecule has 0 radical (unpaired) electrons. The third-order valence-electron chi connectivity index (χ3n) is 8.66. The molecule has 2 aromatic rings. The number of esters is 1. The number of pyridine rings is 1. The summed E-state index contributed by atoms with van der Waals surface area (Å²) >= 11 is 0. The number of benzene rings is 1. The summed E-state index contributed by atoms with van der Waals surface area (Å²) in [5.74, 6) is -1.50. The third-order valence-corrected chi connectivity index (χ3v) is 8.66. The highest BCUT2D eigenvalue weighted by atomic mass is 16.5. The van der Waals surface area contributed by atoms with Gasteiger partial charge in [-0.25, -0.2) is 10.4 Å². The minimum absolute atomic E-state index is 0.298. The predicted octanol–water partition coefficient (Wildman–Crippen LogP) is 2.40. The van der Waals surface area contributed by atoms with Crippen molar-refractivity contribution in [1.29, 1.82) is 0 Å². The molecule has 3 aliphatic rings. The van der Waals surface area contributed by atoms with E-state index in [4.69, 9.17) is 9.72 Å². The lowest BCUT2D eigenvalue weighted by atomic mass is 9.92. The lowest BCUT2D eigenvalue weighted by molar-refractivity contribution is -0.165. The van der Waals surface area contributed by atoms with Gasteiger partial charge in [0.1, 0.15) is 17.9 Å². The smallest absolute Gasteiger partial charge is 0.316 e. The molecule has 12 nitrogen and oxygen atoms in total. The van der Waals surface area contributed by atoms with Crippen LogP contribution in [-0.4, -0.2) is 90.0 Å². The number of cyclic esters (lactones) is 1. The van der Waals surface area contributed by atoms with Crippen LogP contribution >= 0.6 is 0 Å². The van der Waals surface area contributed by atoms with Crippen molar-refractivity contribution in [1.82, 2.24) is 31.1 Å². The quantitative estimate of drug-likeness (QED) is 0.443. The SMILES string of the molecule is CC(C)[C@@H]1OC(=O)C(C)(C)/C=C/c2ccc3ccc(nc3c2)N(C)NC(=O)[C@@H]2CCCN(N2)C(=O)C(CN2CCCC2)NC1=O. The van der Waals surface area contributed by atoms with Crippen molar-refractivity contribution < 1.29 is 23.9 Å². The van der Waals surface area contributed by atoms with Crippen molar-refractivity contribution in [2.75, 3.05) is 38.2 Å². The number of nitrogens with zero attached hydrogens (tertiary/aromatic N) is 4. The fraction of sp³-hybridized carbons (Fsp3) is 0.545. The Labute approximate surface area is 264 Å². The van der Waals surface area contributed by atoms with Crippen LogP contribution in [0.2, 0.25) is 0 Å². The lowest BCUT2D eigenvalue weighted by Gasteiger charge is -2.37. The summed E-state index contributed by atoms with van der Waals surface area (Å²) in [6, 6.07) is 7.99. The summed E-state index contributed by atoms with van der Waals surface area (Å²) in [6.07, 6.45) is 5.67. The average molecular weight is 620 g/mol. The first-order valence-corrected chi connectivity index (χ1v) is 15.9. The van der Waals surface area contributed by atoms with Gasteiger partial charge in [0.25, 0.3) is 17.7 Å². The molecular weight excluding hydrogens is 574 g/mol. The van der Waals surface area contributed by atoms with E-state index in [2.05, 4.69) is 21.1 Å². The van der Waals surface area contributed by atoms with Gasteiger partial charge in [-0.2, -0.15) is 0 Å². The van der Waals surface area contributed by atoms with Crippen LogP contribution in [0, 0.1) is 11.3 Å². The van der Waals surface area contributed by atoms with Gasteiger partial charge in [-0.15, -0.1) is 0 Å². The number of hydrogen-bond acceptors (Lipinski definition) is 9. The van der Waals surface area contributed by atoms with Crippen LogP contribution in [0.1, 0.15) is 58.9 Å². The summed E-state index contributed by atoms with van der Waals surface area (Å²) in [5, 5.41) is 6.84. The molecule has 242 valence electrons. The summed E-state index contributed by atoms with van der Waals surface area (Å²) in [4.78, 5) is 61.4. The standard InChI is InChI=1S/C33H45N7O5/c1-21(2)28-30(42)35-26(20-39-16-6-7-17-39)31(43)40-18-8-9-24(36-40)29(41)37-38(5)27-13-12-23-11-10-22(19-25(23)34-27)14-15-33(3,4)32(44)45-28/h10-15,19,21,24,26,28,36H,6-9,16-18,20H2,1-5H3,(H,35,42)(H,37,41)/b15-14+/t24-,26?,28-/m0/s1. The Bertz CT molecular complexity index is 1470. The maximum Gasteiger partial charge on any atom is 0.316 e. The fourth-order valence-corrected chi connectivity index (χ4v) is 5.83. The highest BCUT2D eigenvalue weighted by molar-refractivity contribution is 5.92. The first-order valence-electron chi connectivity index (χ1n) is 15.9. The summed E-state index contributed by atoms with van der Waals surface area (Å²) in [7, 11) is 1.72. The van der Waals surface area contributed by atoms with Crippen LogP contribution in [0.15, 0.2) is 36.4 Å². The highest BCUT2D eigenvalue weighted by Crippen LogP contribution is 2.25. The van der Waals surface area contributed by atoms with Crippen molar-refractivity contribution >= 4 is 46.5 Å². The summed E-state index contributed by atoms with van der Waals surface area (Å²) in [6.45, 7) is 9.47. The number of fused-ring (bicyclic) bond motifs is 4. The molecule has 3 atom stereocenters. The number of carbonyl (C=O) groups is 4. The van der Waals surface area contributed by atoms with Crippen LogP contribution in [0.4, 0.5) is 5.82 Å². The van der Waals surface area contributed by atoms with Crippen LogP contribution in [0.25, 0.3) is 17.0 Å². The molecule has 1 aromatic carbocycles. The lowest BCUT2D eigenvalue weighted by Crippen LogP contribution is -2.64. The maximum atomic E-state index is 13.9. The van der Waals surface area contributed by atoms with E-state index in [1.165, 1.54) is 5.01 Å². The van der Waals surface area contributed by atoms with Crippen molar-refractivity contribution in [2.45, 2.75) is 71.6 Å². The van der Waals surface area contributed by atoms with E-state index in [0.29, 0.717) is 31.7 Å². The Balaban J connectivity index is 1.50. The largest absolute Gasteiger partial charge is 0.451 e. The van der Waals surface area contributed by atoms with Gasteiger partial charge in [-0.1, -0.05) is 38.1 Å². The van der Waals surface area contributed by atoms with Crippen molar-refractivity contribution in [3.63, 3.8) is 0 Å². The van der Waals surface area contributed by atoms with Gasteiger partial charge in [-0.05, 0) is 82.3 Å². The van der Waals surface area contributed by atoms with E-state index < -0.39 is 35.5 Å². The van der Waals surface area contributed by atoms with Gasteiger partial charge in [0.05, 0.1) is 10.9 Å². The predicted molar refractivity (Wildman–Crippen MR) is 171 cm³/mol. The highest BCUT2D eigenvalue weighted by Gasteiger charge is 2.38. The molecule has 12 heteroatoms. The first kappa shape index (κ1) is 32.4. The zero-order chi connectivity index (χ0) is 32.3. The molecule has 3 aliphatic heterocycles. The van der Waals surface area contributed by atoms with Gasteiger partial charge in [0.2, 0.25) is 0 Å². The number of amides is 3. The third kappa shape index (κ3) is 7.62. The molecule has 0 saturated carbocycles. The zero-order valence-corrected chi connectivity index (χ0v) is 26.8. The summed E-state index contributed by atoms with van der Waals surface area (Å²) in [5.41, 5.74) is 6.50. The van der Waals surface area contributed by atoms with E-state index in [-0.39, 0.29) is 17.7 Å². The molecule has 5 rings (SSSR count). The topological polar surface area (TPSA) is 136 Å². The Morgan fingerprint density at radius 3 is 2.47 bits per heavy atom. The molecule has 0 aliphatic carbocycles. The van der Waals surface area contributed by atoms with E-state index in [9.17, 15) is 19.2 Å². The fourth-order valence-electron chi connectivity index (χ4n) is 5.83. The minimum atomic E-state index is -1.10. The van der Waals surface area contributed by atoms with Crippen LogP contribution < -0.4 is 21.2 Å². The number of ether oxygens (including phenoxy) is 1. The van der Waals surface area contributed by atoms with Gasteiger partial charge in [-0.3, -0.25) is 34.6 Å². The summed E-state index contributed by atoms with van der Waals surface area (Å²) < 4.78 is 5.85. The normalized spacial score (nSPS) is 26.1. The average Bonchev–Trinajstić information content (AvgIpc) is 3.54. The second-order valence-corrected chi connectivity index (χ2v) is 13.2. The van der Waals surface area contributed by atoms with Gasteiger partial charge in [0, 0.05) is 25.5 Å². The number of rotatable bonds is 3. The molecule has 2 fully saturated rings. The van der Waals surface area contributed by atoms with Gasteiger partial charge < -0.3 is 15.0 Å². The van der Waals surface area contributed by atoms with Crippen molar-refractivity contribution in [2.24, 2.45) is 11.3 Å².